The molecular formula is C30H38NO5P. The highest BCUT2D eigenvalue weighted by Gasteiger charge is 2.33. The van der Waals surface area contributed by atoms with E-state index in [0.29, 0.717) is 24.3 Å². The van der Waals surface area contributed by atoms with Crippen LogP contribution in [0.4, 0.5) is 0 Å². The Morgan fingerprint density at radius 3 is 2.22 bits per heavy atom. The van der Waals surface area contributed by atoms with Crippen molar-refractivity contribution in [2.75, 3.05) is 26.1 Å². The maximum Gasteiger partial charge on any atom is 0.268 e. The lowest BCUT2D eigenvalue weighted by molar-refractivity contribution is 0.280. The zero-order chi connectivity index (χ0) is 26.0. The van der Waals surface area contributed by atoms with Crippen LogP contribution in [0.5, 0.6) is 17.2 Å². The molecule has 198 valence electrons. The standard InChI is InChI=1S/C30H38NO5P/c1-2-36-37(33,29-9-4-3-5-10-29)24-35-28-15-11-25(12-16-28)23-30(19-6-7-20-30)31-21-8-22-34-27-17-13-26(32)14-18-27/h3-5,9-18,31-32H,2,6-8,19-24H2,1H3. The van der Waals surface area contributed by atoms with Gasteiger partial charge in [0.05, 0.1) is 13.2 Å². The minimum atomic E-state index is -3.08. The monoisotopic (exact) mass is 523 g/mol. The third-order valence-electron chi connectivity index (χ3n) is 6.84. The predicted molar refractivity (Wildman–Crippen MR) is 148 cm³/mol. The number of aromatic hydroxyl groups is 1. The van der Waals surface area contributed by atoms with Crippen LogP contribution < -0.4 is 20.1 Å². The van der Waals surface area contributed by atoms with Crippen LogP contribution in [0, 0.1) is 0 Å². The van der Waals surface area contributed by atoms with Crippen molar-refractivity contribution < 1.29 is 23.7 Å². The van der Waals surface area contributed by atoms with Crippen molar-refractivity contribution in [1.29, 1.82) is 0 Å². The molecule has 0 heterocycles. The van der Waals surface area contributed by atoms with Gasteiger partial charge in [-0.2, -0.15) is 0 Å². The van der Waals surface area contributed by atoms with Crippen LogP contribution in [0.3, 0.4) is 0 Å². The number of phenols is 1. The Morgan fingerprint density at radius 2 is 1.54 bits per heavy atom. The van der Waals surface area contributed by atoms with Crippen LogP contribution in [0.25, 0.3) is 0 Å². The van der Waals surface area contributed by atoms with Crippen LogP contribution in [0.1, 0.15) is 44.6 Å². The molecule has 1 saturated carbocycles. The maximum absolute atomic E-state index is 13.4. The van der Waals surface area contributed by atoms with Crippen LogP contribution in [-0.2, 0) is 15.5 Å². The molecule has 0 aliphatic heterocycles. The number of benzene rings is 3. The lowest BCUT2D eigenvalue weighted by Crippen LogP contribution is -2.45. The zero-order valence-corrected chi connectivity index (χ0v) is 22.5. The highest BCUT2D eigenvalue weighted by atomic mass is 31.2. The number of ether oxygens (including phenoxy) is 2. The molecule has 37 heavy (non-hydrogen) atoms. The van der Waals surface area contributed by atoms with Crippen molar-refractivity contribution in [3.05, 3.63) is 84.4 Å². The molecule has 7 heteroatoms. The van der Waals surface area contributed by atoms with Gasteiger partial charge in [0.25, 0.3) is 7.37 Å². The molecule has 4 rings (SSSR count). The quantitative estimate of drug-likeness (QED) is 0.191. The number of nitrogens with one attached hydrogen (secondary N) is 1. The van der Waals surface area contributed by atoms with Gasteiger partial charge in [-0.15, -0.1) is 0 Å². The Hall–Kier alpha value is -2.79. The molecule has 6 nitrogen and oxygen atoms in total. The fourth-order valence-electron chi connectivity index (χ4n) is 4.93. The average molecular weight is 524 g/mol. The summed E-state index contributed by atoms with van der Waals surface area (Å²) >= 11 is 0. The van der Waals surface area contributed by atoms with Gasteiger partial charge in [0.2, 0.25) is 0 Å². The van der Waals surface area contributed by atoms with E-state index in [1.54, 1.807) is 24.3 Å². The highest BCUT2D eigenvalue weighted by Crippen LogP contribution is 2.45. The summed E-state index contributed by atoms with van der Waals surface area (Å²) in [5.74, 6) is 1.71. The molecule has 0 radical (unpaired) electrons. The molecule has 2 N–H and O–H groups in total. The minimum Gasteiger partial charge on any atom is -0.508 e. The molecule has 3 aromatic carbocycles. The Balaban J connectivity index is 1.28. The van der Waals surface area contributed by atoms with Gasteiger partial charge in [0.1, 0.15) is 17.2 Å². The van der Waals surface area contributed by atoms with E-state index in [-0.39, 0.29) is 17.6 Å². The summed E-state index contributed by atoms with van der Waals surface area (Å²) in [5.41, 5.74) is 1.37. The van der Waals surface area contributed by atoms with Crippen molar-refractivity contribution in [2.24, 2.45) is 0 Å². The van der Waals surface area contributed by atoms with Gasteiger partial charge in [-0.1, -0.05) is 43.2 Å². The molecule has 1 fully saturated rings. The molecule has 3 aromatic rings. The van der Waals surface area contributed by atoms with E-state index in [0.717, 1.165) is 25.1 Å². The Bertz CT molecular complexity index is 1130. The van der Waals surface area contributed by atoms with Gasteiger partial charge < -0.3 is 24.4 Å². The third kappa shape index (κ3) is 7.85. The number of rotatable bonds is 14. The van der Waals surface area contributed by atoms with Crippen LogP contribution in [0.15, 0.2) is 78.9 Å². The molecule has 0 saturated heterocycles. The van der Waals surface area contributed by atoms with Gasteiger partial charge in [-0.25, -0.2) is 0 Å². The van der Waals surface area contributed by atoms with Crippen molar-refractivity contribution in [1.82, 2.24) is 5.32 Å². The number of phenolic OH excluding ortho intramolecular Hbond substituents is 1. The smallest absolute Gasteiger partial charge is 0.268 e. The van der Waals surface area contributed by atoms with Crippen LogP contribution in [0.2, 0.25) is 0 Å². The Morgan fingerprint density at radius 1 is 0.892 bits per heavy atom. The third-order valence-corrected chi connectivity index (χ3v) is 9.07. The van der Waals surface area contributed by atoms with E-state index in [9.17, 15) is 9.67 Å². The summed E-state index contributed by atoms with van der Waals surface area (Å²) in [4.78, 5) is 0. The average Bonchev–Trinajstić information content (AvgIpc) is 3.38. The second-order valence-electron chi connectivity index (χ2n) is 9.63. The molecule has 0 aromatic heterocycles. The topological polar surface area (TPSA) is 77.0 Å². The summed E-state index contributed by atoms with van der Waals surface area (Å²) in [7, 11) is -3.08. The molecule has 1 unspecified atom stereocenters. The summed E-state index contributed by atoms with van der Waals surface area (Å²) in [6.45, 7) is 3.74. The highest BCUT2D eigenvalue weighted by molar-refractivity contribution is 7.66. The molecule has 0 bridgehead atoms. The van der Waals surface area contributed by atoms with Crippen molar-refractivity contribution >= 4 is 12.7 Å². The first-order valence-corrected chi connectivity index (χ1v) is 15.0. The molecule has 1 atom stereocenters. The number of hydrogen-bond acceptors (Lipinski definition) is 6. The number of hydrogen-bond donors (Lipinski definition) is 2. The summed E-state index contributed by atoms with van der Waals surface area (Å²) < 4.78 is 30.8. The van der Waals surface area contributed by atoms with E-state index in [4.69, 9.17) is 14.0 Å². The molecule has 0 amide bonds. The first-order valence-electron chi connectivity index (χ1n) is 13.2. The minimum absolute atomic E-state index is 0.0158. The summed E-state index contributed by atoms with van der Waals surface area (Å²) in [5, 5.41) is 13.9. The van der Waals surface area contributed by atoms with Gasteiger partial charge in [0.15, 0.2) is 6.35 Å². The van der Waals surface area contributed by atoms with Gasteiger partial charge in [0, 0.05) is 10.8 Å². The van der Waals surface area contributed by atoms with E-state index in [2.05, 4.69) is 17.4 Å². The molecular weight excluding hydrogens is 485 g/mol. The lowest BCUT2D eigenvalue weighted by atomic mass is 9.89. The maximum atomic E-state index is 13.4. The summed E-state index contributed by atoms with van der Waals surface area (Å²) in [6.07, 6.45) is 6.71. The Labute approximate surface area is 220 Å². The van der Waals surface area contributed by atoms with Crippen molar-refractivity contribution in [2.45, 2.75) is 51.0 Å². The largest absolute Gasteiger partial charge is 0.508 e. The molecule has 1 aliphatic carbocycles. The lowest BCUT2D eigenvalue weighted by Gasteiger charge is -2.31. The van der Waals surface area contributed by atoms with Gasteiger partial charge in [-0.3, -0.25) is 4.57 Å². The van der Waals surface area contributed by atoms with Gasteiger partial charge >= 0.3 is 0 Å². The molecule has 1 aliphatic rings. The van der Waals surface area contributed by atoms with Crippen molar-refractivity contribution in [3.63, 3.8) is 0 Å². The Kier molecular flexibility index (Phi) is 9.68. The fraction of sp³-hybridized carbons (Fsp3) is 0.400. The van der Waals surface area contributed by atoms with E-state index >= 15 is 0 Å². The normalized spacial score (nSPS) is 16.2. The molecule has 0 spiro atoms. The summed E-state index contributed by atoms with van der Waals surface area (Å²) in [6, 6.07) is 24.3. The van der Waals surface area contributed by atoms with Gasteiger partial charge in [-0.05, 0) is 93.2 Å². The SMILES string of the molecule is CCOP(=O)(COc1ccc(CC2(NCCCOc3ccc(O)cc3)CCCC2)cc1)c1ccccc1. The fourth-order valence-corrected chi connectivity index (χ4v) is 6.66. The first kappa shape index (κ1) is 27.3. The van der Waals surface area contributed by atoms with Crippen LogP contribution >= 0.6 is 7.37 Å². The predicted octanol–water partition coefficient (Wildman–Crippen LogP) is 6.28. The van der Waals surface area contributed by atoms with E-state index in [1.165, 1.54) is 31.2 Å². The van der Waals surface area contributed by atoms with E-state index in [1.807, 2.05) is 49.4 Å². The first-order chi connectivity index (χ1) is 18.0. The zero-order valence-electron chi connectivity index (χ0n) is 21.6. The second-order valence-corrected chi connectivity index (χ2v) is 12.0. The van der Waals surface area contributed by atoms with E-state index < -0.39 is 7.37 Å². The van der Waals surface area contributed by atoms with Crippen LogP contribution in [-0.4, -0.2) is 36.8 Å². The second kappa shape index (κ2) is 13.1. The van der Waals surface area contributed by atoms with Crippen molar-refractivity contribution in [3.8, 4) is 17.2 Å².